The van der Waals surface area contributed by atoms with Gasteiger partial charge in [-0.25, -0.2) is 0 Å². The molecule has 1 fully saturated rings. The lowest BCUT2D eigenvalue weighted by atomic mass is 9.90. The molecule has 1 aliphatic heterocycles. The van der Waals surface area contributed by atoms with Crippen molar-refractivity contribution in [2.24, 2.45) is 0 Å². The maximum atomic E-state index is 12.7. The molecule has 0 aliphatic carbocycles. The van der Waals surface area contributed by atoms with E-state index >= 15 is 0 Å². The van der Waals surface area contributed by atoms with E-state index in [2.05, 4.69) is 10.6 Å². The number of piperidine rings is 1. The van der Waals surface area contributed by atoms with Crippen LogP contribution in [0.15, 0.2) is 52.9 Å². The summed E-state index contributed by atoms with van der Waals surface area (Å²) in [5.41, 5.74) is 3.24. The van der Waals surface area contributed by atoms with Crippen LogP contribution in [0.1, 0.15) is 31.4 Å². The van der Waals surface area contributed by atoms with Gasteiger partial charge in [0.25, 0.3) is 0 Å². The second-order valence-corrected chi connectivity index (χ2v) is 9.62. The van der Waals surface area contributed by atoms with Crippen molar-refractivity contribution in [3.8, 4) is 11.3 Å². The first-order valence-corrected chi connectivity index (χ1v) is 12.8. The van der Waals surface area contributed by atoms with Crippen LogP contribution in [0.5, 0.6) is 0 Å². The zero-order valence-electron chi connectivity index (χ0n) is 21.5. The van der Waals surface area contributed by atoms with Gasteiger partial charge in [0.15, 0.2) is 0 Å². The fourth-order valence-corrected chi connectivity index (χ4v) is 5.06. The van der Waals surface area contributed by atoms with Crippen molar-refractivity contribution in [3.05, 3.63) is 54.2 Å². The number of carbonyl (C=O) groups is 4. The van der Waals surface area contributed by atoms with Crippen LogP contribution in [0.2, 0.25) is 0 Å². The number of carbonyl (C=O) groups excluding carboxylic acids is 3. The first kappa shape index (κ1) is 26.0. The summed E-state index contributed by atoms with van der Waals surface area (Å²) in [5.74, 6) is -1.36. The highest BCUT2D eigenvalue weighted by molar-refractivity contribution is 5.99. The van der Waals surface area contributed by atoms with Gasteiger partial charge in [-0.2, -0.15) is 5.10 Å². The number of nitrogens with one attached hydrogen (secondary N) is 2. The zero-order valence-corrected chi connectivity index (χ0v) is 21.5. The van der Waals surface area contributed by atoms with Crippen molar-refractivity contribution in [2.45, 2.75) is 32.2 Å². The fraction of sp³-hybridized carbons (Fsp3) is 0.321. The number of rotatable bonds is 8. The number of hydrogen-bond donors (Lipinski definition) is 3. The lowest BCUT2D eigenvalue weighted by Gasteiger charge is -2.30. The fourth-order valence-electron chi connectivity index (χ4n) is 5.06. The number of carboxylic acids is 1. The minimum absolute atomic E-state index is 0.0517. The average Bonchev–Trinajstić information content (AvgIpc) is 3.52. The van der Waals surface area contributed by atoms with Gasteiger partial charge >= 0.3 is 5.97 Å². The molecule has 2 aromatic heterocycles. The lowest BCUT2D eigenvalue weighted by molar-refractivity contribution is -0.137. The molecule has 11 nitrogen and oxygen atoms in total. The molecule has 1 saturated heterocycles. The third kappa shape index (κ3) is 5.62. The lowest BCUT2D eigenvalue weighted by Crippen LogP contribution is -2.40. The van der Waals surface area contributed by atoms with Crippen LogP contribution in [0.4, 0.5) is 0 Å². The maximum Gasteiger partial charge on any atom is 0.322 e. The Kier molecular flexibility index (Phi) is 7.31. The summed E-state index contributed by atoms with van der Waals surface area (Å²) in [5, 5.41) is 20.2. The normalized spacial score (nSPS) is 14.0. The van der Waals surface area contributed by atoms with Gasteiger partial charge in [-0.15, -0.1) is 0 Å². The third-order valence-corrected chi connectivity index (χ3v) is 7.00. The van der Waals surface area contributed by atoms with Crippen molar-refractivity contribution in [3.63, 3.8) is 0 Å². The zero-order chi connectivity index (χ0) is 27.5. The Morgan fingerprint density at radius 3 is 2.46 bits per heavy atom. The van der Waals surface area contributed by atoms with Crippen molar-refractivity contribution < 1.29 is 28.7 Å². The molecular formula is C28H29N5O6. The molecule has 3 N–H and O–H groups in total. The van der Waals surface area contributed by atoms with Gasteiger partial charge in [0.05, 0.1) is 17.8 Å². The van der Waals surface area contributed by atoms with Crippen molar-refractivity contribution >= 4 is 45.6 Å². The quantitative estimate of drug-likeness (QED) is 0.317. The Hall–Kier alpha value is -4.67. The number of aromatic nitrogens is 2. The van der Waals surface area contributed by atoms with E-state index in [0.717, 1.165) is 46.0 Å². The summed E-state index contributed by atoms with van der Waals surface area (Å²) in [6.07, 6.45) is 1.49. The molecule has 0 saturated carbocycles. The number of benzene rings is 2. The maximum absolute atomic E-state index is 12.7. The molecule has 0 bridgehead atoms. The van der Waals surface area contributed by atoms with E-state index in [0.29, 0.717) is 18.8 Å². The van der Waals surface area contributed by atoms with Crippen LogP contribution in [-0.2, 0) is 25.7 Å². The summed E-state index contributed by atoms with van der Waals surface area (Å²) < 4.78 is 7.82. The van der Waals surface area contributed by atoms with Gasteiger partial charge in [0.2, 0.25) is 17.7 Å². The smallest absolute Gasteiger partial charge is 0.322 e. The average molecular weight is 532 g/mol. The highest BCUT2D eigenvalue weighted by Crippen LogP contribution is 2.39. The van der Waals surface area contributed by atoms with Crippen molar-refractivity contribution in [1.82, 2.24) is 25.3 Å². The van der Waals surface area contributed by atoms with Gasteiger partial charge in [-0.1, -0.05) is 30.3 Å². The highest BCUT2D eigenvalue weighted by Gasteiger charge is 2.28. The number of nitrogens with zero attached hydrogens (tertiary/aromatic N) is 3. The Morgan fingerprint density at radius 1 is 1.00 bits per heavy atom. The number of hydrogen-bond acceptors (Lipinski definition) is 6. The Morgan fingerprint density at radius 2 is 1.74 bits per heavy atom. The number of carboxylic acid groups (broad SMARTS) is 1. The van der Waals surface area contributed by atoms with E-state index in [1.807, 2.05) is 53.4 Å². The number of furan rings is 1. The second kappa shape index (κ2) is 11.0. The van der Waals surface area contributed by atoms with E-state index in [4.69, 9.17) is 14.6 Å². The summed E-state index contributed by atoms with van der Waals surface area (Å²) in [7, 11) is 0. The molecule has 5 rings (SSSR count). The summed E-state index contributed by atoms with van der Waals surface area (Å²) in [6.45, 7) is 1.85. The SMILES string of the molecule is CC(=O)N1CCC(c2nn(CC(=O)NCC(=O)NCC(=O)O)c3cccc(-c4cc5ccccc5o4)c23)CC1. The monoisotopic (exact) mass is 531 g/mol. The first-order valence-electron chi connectivity index (χ1n) is 12.8. The first-order chi connectivity index (χ1) is 18.8. The van der Waals surface area contributed by atoms with Crippen LogP contribution in [0, 0.1) is 0 Å². The van der Waals surface area contributed by atoms with Crippen molar-refractivity contribution in [1.29, 1.82) is 0 Å². The van der Waals surface area contributed by atoms with Crippen LogP contribution in [-0.4, -0.2) is 69.7 Å². The molecule has 0 atom stereocenters. The van der Waals surface area contributed by atoms with Gasteiger partial charge < -0.3 is 25.1 Å². The largest absolute Gasteiger partial charge is 0.480 e. The van der Waals surface area contributed by atoms with Crippen LogP contribution >= 0.6 is 0 Å². The molecule has 2 aromatic carbocycles. The summed E-state index contributed by atoms with van der Waals surface area (Å²) >= 11 is 0. The molecule has 0 spiro atoms. The third-order valence-electron chi connectivity index (χ3n) is 7.00. The molecule has 0 radical (unpaired) electrons. The minimum Gasteiger partial charge on any atom is -0.480 e. The number of para-hydroxylation sites is 1. The molecule has 3 amide bonds. The van der Waals surface area contributed by atoms with Crippen LogP contribution < -0.4 is 10.6 Å². The predicted molar refractivity (Wildman–Crippen MR) is 143 cm³/mol. The number of likely N-dealkylation sites (tertiary alicyclic amines) is 1. The minimum atomic E-state index is -1.17. The Balaban J connectivity index is 1.47. The van der Waals surface area contributed by atoms with E-state index in [9.17, 15) is 19.2 Å². The summed E-state index contributed by atoms with van der Waals surface area (Å²) in [4.78, 5) is 48.9. The van der Waals surface area contributed by atoms with E-state index in [-0.39, 0.29) is 24.9 Å². The van der Waals surface area contributed by atoms with Gasteiger partial charge in [-0.3, -0.25) is 23.9 Å². The van der Waals surface area contributed by atoms with Gasteiger partial charge in [-0.05, 0) is 31.0 Å². The standard InChI is InChI=1S/C28H29N5O6/c1-17(34)32-11-9-18(10-12-32)28-27-20(23-13-19-5-2-3-8-22(19)39-23)6-4-7-21(27)33(31-28)16-25(36)29-14-24(35)30-15-26(37)38/h2-8,13,18H,9-12,14-16H2,1H3,(H,29,36)(H,30,35)(H,37,38). The summed E-state index contributed by atoms with van der Waals surface area (Å²) in [6, 6.07) is 15.5. The Labute approximate surface area is 223 Å². The van der Waals surface area contributed by atoms with Crippen molar-refractivity contribution in [2.75, 3.05) is 26.2 Å². The van der Waals surface area contributed by atoms with Crippen LogP contribution in [0.3, 0.4) is 0 Å². The Bertz CT molecular complexity index is 1530. The molecule has 4 aromatic rings. The molecule has 11 heteroatoms. The molecule has 3 heterocycles. The van der Waals surface area contributed by atoms with Gasteiger partial charge in [0.1, 0.15) is 24.4 Å². The number of aliphatic carboxylic acids is 1. The molecular weight excluding hydrogens is 502 g/mol. The van der Waals surface area contributed by atoms with E-state index in [1.165, 1.54) is 0 Å². The van der Waals surface area contributed by atoms with E-state index in [1.54, 1.807) is 11.6 Å². The highest BCUT2D eigenvalue weighted by atomic mass is 16.4. The molecule has 202 valence electrons. The molecule has 39 heavy (non-hydrogen) atoms. The van der Waals surface area contributed by atoms with Crippen LogP contribution in [0.25, 0.3) is 33.2 Å². The topological polar surface area (TPSA) is 147 Å². The molecule has 0 unspecified atom stereocenters. The number of fused-ring (bicyclic) bond motifs is 2. The van der Waals surface area contributed by atoms with Gasteiger partial charge in [0, 0.05) is 42.3 Å². The van der Waals surface area contributed by atoms with E-state index < -0.39 is 24.3 Å². The number of amides is 3. The molecule has 1 aliphatic rings. The second-order valence-electron chi connectivity index (χ2n) is 9.62. The predicted octanol–water partition coefficient (Wildman–Crippen LogP) is 2.49.